The molecule has 1 N–H and O–H groups in total. The number of hydrogen-bond acceptors (Lipinski definition) is 6. The Morgan fingerprint density at radius 2 is 1.55 bits per heavy atom. The van der Waals surface area contributed by atoms with Crippen LogP contribution >= 0.6 is 0 Å². The Labute approximate surface area is 130 Å². The molecule has 0 aliphatic heterocycles. The number of nitrogens with one attached hydrogen (secondary N) is 1. The monoisotopic (exact) mass is 347 g/mol. The molecule has 0 saturated carbocycles. The van der Waals surface area contributed by atoms with Gasteiger partial charge in [0.1, 0.15) is 5.60 Å². The molecular weight excluding hydrogens is 330 g/mol. The second kappa shape index (κ2) is 6.09. The summed E-state index contributed by atoms with van der Waals surface area (Å²) in [6, 6.07) is 4.37. The lowest BCUT2D eigenvalue weighted by molar-refractivity contribution is 0.0570. The maximum atomic E-state index is 12.0. The first-order chi connectivity index (χ1) is 9.87. The van der Waals surface area contributed by atoms with Crippen molar-refractivity contribution in [2.45, 2.75) is 36.2 Å². The number of ether oxygens (including phenoxy) is 1. The first-order valence-corrected chi connectivity index (χ1v) is 9.14. The van der Waals surface area contributed by atoms with E-state index in [1.165, 1.54) is 0 Å². The summed E-state index contributed by atoms with van der Waals surface area (Å²) < 4.78 is 53.6. The highest BCUT2D eigenvalue weighted by atomic mass is 32.2. The van der Waals surface area contributed by atoms with E-state index in [1.807, 2.05) is 0 Å². The normalized spacial score (nSPS) is 12.5. The van der Waals surface area contributed by atoms with Gasteiger partial charge in [0, 0.05) is 5.41 Å². The minimum absolute atomic E-state index is 0.0984. The van der Waals surface area contributed by atoms with Crippen LogP contribution in [0.4, 0.5) is 4.79 Å². The highest BCUT2D eigenvalue weighted by molar-refractivity contribution is 7.94. The maximum absolute atomic E-state index is 12.0. The zero-order valence-corrected chi connectivity index (χ0v) is 14.0. The van der Waals surface area contributed by atoms with Gasteiger partial charge < -0.3 is 4.74 Å². The number of sulfone groups is 1. The molecule has 0 aliphatic rings. The molecule has 22 heavy (non-hydrogen) atoms. The summed E-state index contributed by atoms with van der Waals surface area (Å²) in [5.74, 6) is 0. The number of hydrogen-bond donors (Lipinski definition) is 1. The van der Waals surface area contributed by atoms with E-state index in [9.17, 15) is 21.6 Å². The molecule has 0 saturated heterocycles. The second-order valence-corrected chi connectivity index (χ2v) is 8.87. The molecule has 1 aromatic carbocycles. The summed E-state index contributed by atoms with van der Waals surface area (Å²) in [4.78, 5) is 11.1. The third-order valence-electron chi connectivity index (χ3n) is 2.30. The maximum Gasteiger partial charge on any atom is 0.421 e. The molecule has 1 rings (SSSR count). The Kier molecular flexibility index (Phi) is 5.03. The smallest absolute Gasteiger partial charge is 0.421 e. The van der Waals surface area contributed by atoms with Gasteiger partial charge in [0.05, 0.1) is 9.79 Å². The predicted octanol–water partition coefficient (Wildman–Crippen LogP) is 1.82. The Morgan fingerprint density at radius 3 is 1.95 bits per heavy atom. The Morgan fingerprint density at radius 1 is 1.09 bits per heavy atom. The van der Waals surface area contributed by atoms with Crippen molar-refractivity contribution in [2.75, 3.05) is 0 Å². The molecular formula is C13H17NO6S2. The molecule has 1 aromatic rings. The highest BCUT2D eigenvalue weighted by Crippen LogP contribution is 2.16. The molecule has 0 heterocycles. The molecule has 7 nitrogen and oxygen atoms in total. The summed E-state index contributed by atoms with van der Waals surface area (Å²) in [6.45, 7) is 7.95. The molecule has 9 heteroatoms. The summed E-state index contributed by atoms with van der Waals surface area (Å²) in [5.41, 5.74) is -0.846. The van der Waals surface area contributed by atoms with Gasteiger partial charge in [-0.05, 0) is 45.0 Å². The van der Waals surface area contributed by atoms with Gasteiger partial charge in [-0.15, -0.1) is 0 Å². The van der Waals surface area contributed by atoms with Crippen molar-refractivity contribution in [1.29, 1.82) is 0 Å². The first kappa shape index (κ1) is 18.2. The Bertz CT molecular complexity index is 771. The van der Waals surface area contributed by atoms with Gasteiger partial charge in [-0.1, -0.05) is 6.58 Å². The van der Waals surface area contributed by atoms with Crippen LogP contribution < -0.4 is 4.72 Å². The standard InChI is InChI=1S/C13H17NO6S2/c1-5-21(16,17)10-6-8-11(9-7-10)22(18,19)14-12(15)20-13(2,3)4/h5-9H,1H2,2-4H3,(H,14,15). The van der Waals surface area contributed by atoms with Crippen molar-refractivity contribution < 1.29 is 26.4 Å². The molecule has 0 aromatic heterocycles. The lowest BCUT2D eigenvalue weighted by atomic mass is 10.2. The molecule has 0 aliphatic carbocycles. The fraction of sp³-hybridized carbons (Fsp3) is 0.308. The minimum Gasteiger partial charge on any atom is -0.443 e. The largest absolute Gasteiger partial charge is 0.443 e. The molecule has 1 amide bonds. The quantitative estimate of drug-likeness (QED) is 0.890. The van der Waals surface area contributed by atoms with E-state index in [4.69, 9.17) is 4.74 Å². The van der Waals surface area contributed by atoms with Crippen LogP contribution in [0, 0.1) is 0 Å². The van der Waals surface area contributed by atoms with Crippen molar-refractivity contribution in [3.8, 4) is 0 Å². The molecule has 0 bridgehead atoms. The molecule has 0 fully saturated rings. The summed E-state index contributed by atoms with van der Waals surface area (Å²) in [6.07, 6.45) is -1.12. The van der Waals surface area contributed by atoms with E-state index in [2.05, 4.69) is 6.58 Å². The van der Waals surface area contributed by atoms with Crippen molar-refractivity contribution in [1.82, 2.24) is 4.72 Å². The van der Waals surface area contributed by atoms with Gasteiger partial charge in [-0.3, -0.25) is 0 Å². The highest BCUT2D eigenvalue weighted by Gasteiger charge is 2.23. The SMILES string of the molecule is C=CS(=O)(=O)c1ccc(S(=O)(=O)NC(=O)OC(C)(C)C)cc1. The van der Waals surface area contributed by atoms with Crippen LogP contribution in [0.2, 0.25) is 0 Å². The van der Waals surface area contributed by atoms with Gasteiger partial charge in [0.15, 0.2) is 9.84 Å². The summed E-state index contributed by atoms with van der Waals surface area (Å²) >= 11 is 0. The fourth-order valence-electron chi connectivity index (χ4n) is 1.37. The van der Waals surface area contributed by atoms with E-state index >= 15 is 0 Å². The van der Waals surface area contributed by atoms with Crippen LogP contribution in [-0.2, 0) is 24.6 Å². The average molecular weight is 347 g/mol. The number of rotatable bonds is 4. The fourth-order valence-corrected chi connectivity index (χ4v) is 2.95. The first-order valence-electron chi connectivity index (χ1n) is 6.11. The van der Waals surface area contributed by atoms with E-state index in [0.717, 1.165) is 29.7 Å². The van der Waals surface area contributed by atoms with Gasteiger partial charge in [0.2, 0.25) is 0 Å². The van der Waals surface area contributed by atoms with Crippen LogP contribution in [0.25, 0.3) is 0 Å². The average Bonchev–Trinajstić information content (AvgIpc) is 2.36. The number of sulfonamides is 1. The zero-order chi connectivity index (χ0) is 17.2. The summed E-state index contributed by atoms with van der Waals surface area (Å²) in [7, 11) is -7.80. The van der Waals surface area contributed by atoms with Gasteiger partial charge in [0.25, 0.3) is 10.0 Å². The van der Waals surface area contributed by atoms with Crippen LogP contribution in [-0.4, -0.2) is 28.5 Å². The lowest BCUT2D eigenvalue weighted by Gasteiger charge is -2.19. The molecule has 0 radical (unpaired) electrons. The van der Waals surface area contributed by atoms with Gasteiger partial charge >= 0.3 is 6.09 Å². The van der Waals surface area contributed by atoms with Crippen molar-refractivity contribution in [3.05, 3.63) is 36.3 Å². The summed E-state index contributed by atoms with van der Waals surface area (Å²) in [5, 5.41) is 0.759. The van der Waals surface area contributed by atoms with Crippen molar-refractivity contribution >= 4 is 26.0 Å². The van der Waals surface area contributed by atoms with E-state index < -0.39 is 31.6 Å². The number of benzene rings is 1. The number of amides is 1. The molecule has 122 valence electrons. The molecule has 0 unspecified atom stereocenters. The van der Waals surface area contributed by atoms with Gasteiger partial charge in [-0.2, -0.15) is 0 Å². The lowest BCUT2D eigenvalue weighted by Crippen LogP contribution is -2.36. The van der Waals surface area contributed by atoms with Crippen molar-refractivity contribution in [3.63, 3.8) is 0 Å². The van der Waals surface area contributed by atoms with E-state index in [0.29, 0.717) is 0 Å². The van der Waals surface area contributed by atoms with Crippen LogP contribution in [0.5, 0.6) is 0 Å². The number of carbonyl (C=O) groups excluding carboxylic acids is 1. The third-order valence-corrected chi connectivity index (χ3v) is 4.99. The zero-order valence-electron chi connectivity index (χ0n) is 12.4. The van der Waals surface area contributed by atoms with Gasteiger partial charge in [-0.25, -0.2) is 26.4 Å². The third kappa shape index (κ3) is 4.85. The van der Waals surface area contributed by atoms with E-state index in [1.54, 1.807) is 25.5 Å². The Hall–Kier alpha value is -1.87. The van der Waals surface area contributed by atoms with Crippen LogP contribution in [0.15, 0.2) is 46.0 Å². The Balaban J connectivity index is 3.00. The topological polar surface area (TPSA) is 107 Å². The number of carbonyl (C=O) groups is 1. The minimum atomic E-state index is -4.15. The predicted molar refractivity (Wildman–Crippen MR) is 80.4 cm³/mol. The molecule has 0 atom stereocenters. The van der Waals surface area contributed by atoms with E-state index in [-0.39, 0.29) is 9.79 Å². The second-order valence-electron chi connectivity index (χ2n) is 5.29. The van der Waals surface area contributed by atoms with Crippen molar-refractivity contribution in [2.24, 2.45) is 0 Å². The van der Waals surface area contributed by atoms with Crippen LogP contribution in [0.1, 0.15) is 20.8 Å². The molecule has 0 spiro atoms. The van der Waals surface area contributed by atoms with Crippen LogP contribution in [0.3, 0.4) is 0 Å².